The molecule has 0 saturated heterocycles. The van der Waals surface area contributed by atoms with E-state index in [-0.39, 0.29) is 0 Å². The first kappa shape index (κ1) is 28.2. The van der Waals surface area contributed by atoms with Gasteiger partial charge in [0.2, 0.25) is 11.8 Å². The second-order valence-electron chi connectivity index (χ2n) is 10.1. The van der Waals surface area contributed by atoms with Crippen LogP contribution in [0.1, 0.15) is 37.8 Å². The van der Waals surface area contributed by atoms with E-state index >= 15 is 0 Å². The van der Waals surface area contributed by atoms with Crippen LogP contribution in [0.2, 0.25) is 0 Å². The molecule has 0 aliphatic carbocycles. The minimum Gasteiger partial charge on any atom is -0.481 e. The Bertz CT molecular complexity index is 1330. The highest BCUT2D eigenvalue weighted by Gasteiger charge is 2.39. The SMILES string of the molecule is CNC(=O)[C@@H](NC(=O)[C@@H](CO)[C@H](C(=O)O)c1ccn(-c2ccc(-c3ccc(C#N)cc3)cc2)c1)C(C)(C)C. The van der Waals surface area contributed by atoms with Crippen molar-refractivity contribution >= 4 is 17.8 Å². The number of rotatable bonds is 9. The minimum absolute atomic E-state index is 0.343. The van der Waals surface area contributed by atoms with E-state index in [4.69, 9.17) is 5.26 Å². The number of carboxylic acids is 1. The van der Waals surface area contributed by atoms with E-state index in [0.717, 1.165) is 16.8 Å². The molecule has 0 aliphatic rings. The molecular formula is C29H32N4O5. The average molecular weight is 517 g/mol. The lowest BCUT2D eigenvalue weighted by molar-refractivity contribution is -0.145. The van der Waals surface area contributed by atoms with Gasteiger partial charge >= 0.3 is 5.97 Å². The van der Waals surface area contributed by atoms with Gasteiger partial charge in [-0.05, 0) is 52.4 Å². The van der Waals surface area contributed by atoms with E-state index in [0.29, 0.717) is 11.1 Å². The van der Waals surface area contributed by atoms with E-state index < -0.39 is 47.7 Å². The number of hydrogen-bond donors (Lipinski definition) is 4. The molecule has 0 fully saturated rings. The summed E-state index contributed by atoms with van der Waals surface area (Å²) in [5.74, 6) is -5.03. The fraction of sp³-hybridized carbons (Fsp3) is 0.310. The Kier molecular flexibility index (Phi) is 8.71. The number of aliphatic hydroxyl groups excluding tert-OH is 1. The van der Waals surface area contributed by atoms with Crippen LogP contribution >= 0.6 is 0 Å². The number of likely N-dealkylation sites (N-methyl/N-ethyl adjacent to an activating group) is 1. The number of amides is 2. The first-order chi connectivity index (χ1) is 18.0. The van der Waals surface area contributed by atoms with Crippen LogP contribution in [-0.2, 0) is 14.4 Å². The van der Waals surface area contributed by atoms with Crippen molar-refractivity contribution in [3.8, 4) is 22.9 Å². The molecule has 0 unspecified atom stereocenters. The predicted octanol–water partition coefficient (Wildman–Crippen LogP) is 3.07. The second-order valence-corrected chi connectivity index (χ2v) is 10.1. The smallest absolute Gasteiger partial charge is 0.311 e. The maximum absolute atomic E-state index is 13.1. The molecular weight excluding hydrogens is 484 g/mol. The summed E-state index contributed by atoms with van der Waals surface area (Å²) >= 11 is 0. The van der Waals surface area contributed by atoms with Gasteiger partial charge in [0.15, 0.2) is 0 Å². The van der Waals surface area contributed by atoms with Crippen molar-refractivity contribution in [3.05, 3.63) is 78.1 Å². The van der Waals surface area contributed by atoms with Gasteiger partial charge < -0.3 is 25.4 Å². The quantitative estimate of drug-likeness (QED) is 0.344. The molecule has 2 aromatic carbocycles. The van der Waals surface area contributed by atoms with Gasteiger partial charge in [0.25, 0.3) is 0 Å². The summed E-state index contributed by atoms with van der Waals surface area (Å²) in [5, 5.41) is 34.2. The molecule has 0 bridgehead atoms. The summed E-state index contributed by atoms with van der Waals surface area (Å²) in [5.41, 5.74) is 2.97. The van der Waals surface area contributed by atoms with Gasteiger partial charge in [-0.25, -0.2) is 0 Å². The highest BCUT2D eigenvalue weighted by Crippen LogP contribution is 2.29. The molecule has 3 atom stereocenters. The van der Waals surface area contributed by atoms with E-state index in [1.54, 1.807) is 55.9 Å². The Morgan fingerprint density at radius 3 is 2.03 bits per heavy atom. The predicted molar refractivity (Wildman–Crippen MR) is 142 cm³/mol. The normalized spacial score (nSPS) is 13.6. The highest BCUT2D eigenvalue weighted by molar-refractivity contribution is 5.92. The van der Waals surface area contributed by atoms with Crippen molar-refractivity contribution in [2.45, 2.75) is 32.7 Å². The lowest BCUT2D eigenvalue weighted by Crippen LogP contribution is -2.55. The van der Waals surface area contributed by atoms with Gasteiger partial charge in [-0.2, -0.15) is 5.26 Å². The van der Waals surface area contributed by atoms with Crippen LogP contribution in [0.4, 0.5) is 0 Å². The number of hydrogen-bond acceptors (Lipinski definition) is 5. The van der Waals surface area contributed by atoms with Gasteiger partial charge in [-0.15, -0.1) is 0 Å². The number of nitriles is 1. The summed E-state index contributed by atoms with van der Waals surface area (Å²) in [6.07, 6.45) is 3.31. The van der Waals surface area contributed by atoms with E-state index in [9.17, 15) is 24.6 Å². The molecule has 9 heteroatoms. The van der Waals surface area contributed by atoms with Crippen molar-refractivity contribution in [2.24, 2.45) is 11.3 Å². The molecule has 0 radical (unpaired) electrons. The number of aliphatic carboxylic acids is 1. The van der Waals surface area contributed by atoms with Crippen molar-refractivity contribution in [1.29, 1.82) is 5.26 Å². The molecule has 1 heterocycles. The third-order valence-electron chi connectivity index (χ3n) is 6.45. The van der Waals surface area contributed by atoms with Crippen molar-refractivity contribution in [2.75, 3.05) is 13.7 Å². The van der Waals surface area contributed by atoms with Crippen LogP contribution < -0.4 is 10.6 Å². The van der Waals surface area contributed by atoms with Gasteiger partial charge in [-0.3, -0.25) is 14.4 Å². The van der Waals surface area contributed by atoms with Crippen molar-refractivity contribution in [1.82, 2.24) is 15.2 Å². The molecule has 0 spiro atoms. The van der Waals surface area contributed by atoms with Crippen LogP contribution in [0.5, 0.6) is 0 Å². The molecule has 0 saturated carbocycles. The van der Waals surface area contributed by atoms with Crippen LogP contribution in [0, 0.1) is 22.7 Å². The van der Waals surface area contributed by atoms with Crippen molar-refractivity contribution in [3.63, 3.8) is 0 Å². The topological polar surface area (TPSA) is 144 Å². The number of benzene rings is 2. The number of carboxylic acid groups (broad SMARTS) is 1. The molecule has 4 N–H and O–H groups in total. The third kappa shape index (κ3) is 6.28. The number of nitrogens with one attached hydrogen (secondary N) is 2. The first-order valence-electron chi connectivity index (χ1n) is 12.1. The fourth-order valence-electron chi connectivity index (χ4n) is 4.28. The Morgan fingerprint density at radius 1 is 0.974 bits per heavy atom. The molecule has 9 nitrogen and oxygen atoms in total. The zero-order chi connectivity index (χ0) is 28.0. The first-order valence-corrected chi connectivity index (χ1v) is 12.1. The van der Waals surface area contributed by atoms with Gasteiger partial charge in [-0.1, -0.05) is 45.0 Å². The van der Waals surface area contributed by atoms with Gasteiger partial charge in [0.05, 0.1) is 30.1 Å². The Hall–Kier alpha value is -4.42. The van der Waals surface area contributed by atoms with Crippen LogP contribution in [0.3, 0.4) is 0 Å². The molecule has 198 valence electrons. The molecule has 3 rings (SSSR count). The average Bonchev–Trinajstić information content (AvgIpc) is 3.38. The van der Waals surface area contributed by atoms with Crippen LogP contribution in [0.25, 0.3) is 16.8 Å². The molecule has 1 aromatic heterocycles. The molecule has 38 heavy (non-hydrogen) atoms. The highest BCUT2D eigenvalue weighted by atomic mass is 16.4. The lowest BCUT2D eigenvalue weighted by Gasteiger charge is -2.32. The Labute approximate surface area is 221 Å². The van der Waals surface area contributed by atoms with E-state index in [2.05, 4.69) is 16.7 Å². The number of aliphatic hydroxyl groups is 1. The van der Waals surface area contributed by atoms with Crippen LogP contribution in [-0.4, -0.2) is 52.3 Å². The maximum atomic E-state index is 13.1. The lowest BCUT2D eigenvalue weighted by atomic mass is 9.83. The summed E-state index contributed by atoms with van der Waals surface area (Å²) in [6, 6.07) is 17.6. The summed E-state index contributed by atoms with van der Waals surface area (Å²) in [4.78, 5) is 37.8. The largest absolute Gasteiger partial charge is 0.481 e. The van der Waals surface area contributed by atoms with E-state index in [1.807, 2.05) is 36.4 Å². The zero-order valence-electron chi connectivity index (χ0n) is 21.8. The summed E-state index contributed by atoms with van der Waals surface area (Å²) in [7, 11) is 1.45. The van der Waals surface area contributed by atoms with Crippen LogP contribution in [0.15, 0.2) is 67.0 Å². The van der Waals surface area contributed by atoms with E-state index in [1.165, 1.54) is 7.05 Å². The third-order valence-corrected chi connectivity index (χ3v) is 6.45. The number of aromatic nitrogens is 1. The minimum atomic E-state index is -1.33. The summed E-state index contributed by atoms with van der Waals surface area (Å²) in [6.45, 7) is 4.63. The molecule has 2 amide bonds. The molecule has 3 aromatic rings. The van der Waals surface area contributed by atoms with Crippen molar-refractivity contribution < 1.29 is 24.6 Å². The maximum Gasteiger partial charge on any atom is 0.311 e. The monoisotopic (exact) mass is 516 g/mol. The van der Waals surface area contributed by atoms with Gasteiger partial charge in [0, 0.05) is 25.1 Å². The zero-order valence-corrected chi connectivity index (χ0v) is 21.8. The fourth-order valence-corrected chi connectivity index (χ4v) is 4.28. The standard InChI is InChI=1S/C29H32N4O5/c1-29(2,3)25(27(36)31-4)32-26(35)23(17-34)24(28(37)38)21-13-14-33(16-21)22-11-9-20(10-12-22)19-7-5-18(15-30)6-8-19/h5-14,16,23-25,34H,17H2,1-4H3,(H,31,36)(H,32,35)(H,37,38)/t23-,24+,25+/m0/s1. The van der Waals surface area contributed by atoms with Gasteiger partial charge in [0.1, 0.15) is 6.04 Å². The number of carbonyl (C=O) groups is 3. The number of carbonyl (C=O) groups excluding carboxylic acids is 2. The number of nitrogens with zero attached hydrogens (tertiary/aromatic N) is 2. The Balaban J connectivity index is 1.85. The summed E-state index contributed by atoms with van der Waals surface area (Å²) < 4.78 is 1.74. The second kappa shape index (κ2) is 11.8. The molecule has 0 aliphatic heterocycles. The Morgan fingerprint density at radius 2 is 1.55 bits per heavy atom.